The van der Waals surface area contributed by atoms with Crippen molar-refractivity contribution >= 4 is 62.1 Å². The maximum atomic E-state index is 14.4. The fraction of sp³-hybridized carbons (Fsp3) is 0.250. The number of anilines is 3. The number of nitrogens with one attached hydrogen (secondary N) is 2. The van der Waals surface area contributed by atoms with E-state index in [0.717, 1.165) is 9.99 Å². The van der Waals surface area contributed by atoms with E-state index in [2.05, 4.69) is 16.1 Å². The first-order valence-corrected chi connectivity index (χ1v) is 12.2. The summed E-state index contributed by atoms with van der Waals surface area (Å²) < 4.78 is 32.5. The van der Waals surface area contributed by atoms with Gasteiger partial charge in [0.05, 0.1) is 16.6 Å². The van der Waals surface area contributed by atoms with Gasteiger partial charge in [-0.05, 0) is 71.6 Å². The number of pyridine rings is 1. The van der Waals surface area contributed by atoms with Gasteiger partial charge in [-0.25, -0.2) is 8.60 Å². The van der Waals surface area contributed by atoms with E-state index < -0.39 is 16.8 Å². The maximum absolute atomic E-state index is 14.4. The van der Waals surface area contributed by atoms with E-state index in [9.17, 15) is 13.4 Å². The first-order chi connectivity index (χ1) is 13.8. The lowest BCUT2D eigenvalue weighted by Gasteiger charge is -2.18. The molecule has 2 N–H and O–H groups in total. The van der Waals surface area contributed by atoms with Crippen LogP contribution in [0.4, 0.5) is 21.6 Å². The van der Waals surface area contributed by atoms with Crippen LogP contribution in [0.1, 0.15) is 22.8 Å². The van der Waals surface area contributed by atoms with Gasteiger partial charge in [0.25, 0.3) is 5.56 Å². The van der Waals surface area contributed by atoms with Gasteiger partial charge >= 0.3 is 0 Å². The van der Waals surface area contributed by atoms with Crippen molar-refractivity contribution in [2.24, 2.45) is 7.05 Å². The molecule has 0 spiro atoms. The van der Waals surface area contributed by atoms with E-state index in [1.165, 1.54) is 15.5 Å². The van der Waals surface area contributed by atoms with E-state index in [1.54, 1.807) is 43.5 Å². The summed E-state index contributed by atoms with van der Waals surface area (Å²) in [6.45, 7) is 1.71. The number of aryl methyl sites for hydroxylation is 1. The lowest BCUT2D eigenvalue weighted by atomic mass is 10.2. The highest BCUT2D eigenvalue weighted by atomic mass is 127. The van der Waals surface area contributed by atoms with Gasteiger partial charge in [-0.3, -0.25) is 9.36 Å². The minimum absolute atomic E-state index is 0.0223. The number of rotatable bonds is 6. The summed E-state index contributed by atoms with van der Waals surface area (Å²) in [6, 6.07) is 10.5. The number of nitrogens with zero attached hydrogens (tertiary/aromatic N) is 1. The highest BCUT2D eigenvalue weighted by Gasteiger charge is 2.44. The molecule has 3 unspecified atom stereocenters. The Balaban J connectivity index is 1.62. The van der Waals surface area contributed by atoms with Crippen LogP contribution in [0.2, 0.25) is 0 Å². The summed E-state index contributed by atoms with van der Waals surface area (Å²) in [4.78, 5) is 13.7. The zero-order valence-electron chi connectivity index (χ0n) is 15.7. The molecule has 3 aromatic rings. The Labute approximate surface area is 188 Å². The highest BCUT2D eigenvalue weighted by molar-refractivity contribution is 14.1. The van der Waals surface area contributed by atoms with Crippen molar-refractivity contribution < 1.29 is 8.60 Å². The monoisotopic (exact) mass is 543 g/mol. The fourth-order valence-corrected chi connectivity index (χ4v) is 6.03. The van der Waals surface area contributed by atoms with Gasteiger partial charge in [0, 0.05) is 27.0 Å². The SMILES string of the molecule is Cc1cc(NS(=O)C2CC2c2cccs2)c(Nc2ccc(I)cc2F)n(C)c1=O. The number of thiophene rings is 1. The summed E-state index contributed by atoms with van der Waals surface area (Å²) in [5.41, 5.74) is 1.09. The Morgan fingerprint density at radius 2 is 2.07 bits per heavy atom. The van der Waals surface area contributed by atoms with Crippen LogP contribution in [0, 0.1) is 16.3 Å². The molecule has 1 fully saturated rings. The third-order valence-corrected chi connectivity index (χ3v) is 8.07. The maximum Gasteiger partial charge on any atom is 0.254 e. The number of aromatic nitrogens is 1. The molecule has 1 aromatic carbocycles. The van der Waals surface area contributed by atoms with Gasteiger partial charge in [-0.15, -0.1) is 11.3 Å². The van der Waals surface area contributed by atoms with Gasteiger partial charge < -0.3 is 10.0 Å². The van der Waals surface area contributed by atoms with E-state index in [4.69, 9.17) is 0 Å². The molecule has 1 aliphatic rings. The van der Waals surface area contributed by atoms with Crippen LogP contribution in [-0.4, -0.2) is 14.0 Å². The molecule has 0 saturated heterocycles. The largest absolute Gasteiger partial charge is 0.337 e. The smallest absolute Gasteiger partial charge is 0.254 e. The molecular weight excluding hydrogens is 524 g/mol. The molecule has 2 aromatic heterocycles. The number of hydrogen-bond donors (Lipinski definition) is 2. The quantitative estimate of drug-likeness (QED) is 0.436. The number of halogens is 2. The molecule has 1 saturated carbocycles. The summed E-state index contributed by atoms with van der Waals surface area (Å²) >= 11 is 3.71. The Kier molecular flexibility index (Phi) is 5.80. The summed E-state index contributed by atoms with van der Waals surface area (Å²) in [7, 11) is 0.293. The Bertz CT molecular complexity index is 1150. The number of hydrogen-bond acceptors (Lipinski definition) is 4. The van der Waals surface area contributed by atoms with Gasteiger partial charge in [-0.2, -0.15) is 0 Å². The van der Waals surface area contributed by atoms with Gasteiger partial charge in [0.15, 0.2) is 0 Å². The van der Waals surface area contributed by atoms with Crippen LogP contribution >= 0.6 is 33.9 Å². The van der Waals surface area contributed by atoms with E-state index in [1.807, 2.05) is 34.0 Å². The van der Waals surface area contributed by atoms with E-state index in [-0.39, 0.29) is 16.5 Å². The standard InChI is InChI=1S/C20H19FIN3O2S2/c1-11-8-16(24-29(27)18-10-13(18)17-4-3-7-28-17)19(25(2)20(11)26)23-15-6-5-12(22)9-14(15)21/h3-9,13,18,23-24H,10H2,1-2H3. The van der Waals surface area contributed by atoms with Crippen LogP contribution in [0.5, 0.6) is 0 Å². The third kappa shape index (κ3) is 4.26. The van der Waals surface area contributed by atoms with E-state index >= 15 is 0 Å². The predicted octanol–water partition coefficient (Wildman–Crippen LogP) is 4.87. The minimum Gasteiger partial charge on any atom is -0.337 e. The highest BCUT2D eigenvalue weighted by Crippen LogP contribution is 2.46. The molecular formula is C20H19FIN3O2S2. The molecule has 0 radical (unpaired) electrons. The Morgan fingerprint density at radius 3 is 2.76 bits per heavy atom. The average Bonchev–Trinajstić information content (AvgIpc) is 3.30. The van der Waals surface area contributed by atoms with Crippen molar-refractivity contribution in [3.63, 3.8) is 0 Å². The molecule has 2 heterocycles. The Morgan fingerprint density at radius 1 is 1.28 bits per heavy atom. The predicted molar refractivity (Wildman–Crippen MR) is 126 cm³/mol. The van der Waals surface area contributed by atoms with Crippen LogP contribution < -0.4 is 15.6 Å². The molecule has 1 aliphatic carbocycles. The summed E-state index contributed by atoms with van der Waals surface area (Å²) in [5, 5.41) is 5.04. The lowest BCUT2D eigenvalue weighted by molar-refractivity contribution is 0.630. The van der Waals surface area contributed by atoms with Gasteiger partial charge in [0.1, 0.15) is 22.6 Å². The second kappa shape index (κ2) is 8.19. The van der Waals surface area contributed by atoms with Crippen LogP contribution in [0.3, 0.4) is 0 Å². The van der Waals surface area contributed by atoms with E-state index in [0.29, 0.717) is 23.0 Å². The topological polar surface area (TPSA) is 63.1 Å². The molecule has 29 heavy (non-hydrogen) atoms. The van der Waals surface area contributed by atoms with Crippen molar-refractivity contribution in [2.75, 3.05) is 10.0 Å². The minimum atomic E-state index is -1.32. The Hall–Kier alpha value is -1.72. The lowest BCUT2D eigenvalue weighted by Crippen LogP contribution is -2.24. The first-order valence-electron chi connectivity index (χ1n) is 8.98. The normalized spacial score (nSPS) is 19.0. The fourth-order valence-electron chi connectivity index (χ4n) is 3.23. The van der Waals surface area contributed by atoms with Crippen molar-refractivity contribution in [2.45, 2.75) is 24.5 Å². The average molecular weight is 543 g/mol. The van der Waals surface area contributed by atoms with Crippen LogP contribution in [0.15, 0.2) is 46.6 Å². The molecule has 5 nitrogen and oxygen atoms in total. The third-order valence-electron chi connectivity index (χ3n) is 4.90. The molecule has 0 aliphatic heterocycles. The molecule has 9 heteroatoms. The van der Waals surface area contributed by atoms with Gasteiger partial charge in [-0.1, -0.05) is 6.07 Å². The second-order valence-corrected chi connectivity index (χ2v) is 10.6. The molecule has 152 valence electrons. The van der Waals surface area contributed by atoms with Crippen LogP contribution in [0.25, 0.3) is 0 Å². The molecule has 0 amide bonds. The van der Waals surface area contributed by atoms with Gasteiger partial charge in [0.2, 0.25) is 0 Å². The second-order valence-electron chi connectivity index (χ2n) is 7.00. The first kappa shape index (κ1) is 20.5. The van der Waals surface area contributed by atoms with Crippen LogP contribution in [-0.2, 0) is 18.0 Å². The molecule has 4 rings (SSSR count). The van der Waals surface area contributed by atoms with Crippen molar-refractivity contribution in [3.8, 4) is 0 Å². The molecule has 0 bridgehead atoms. The zero-order valence-corrected chi connectivity index (χ0v) is 19.5. The number of benzene rings is 1. The molecule has 3 atom stereocenters. The van der Waals surface area contributed by atoms with Crippen molar-refractivity contribution in [1.29, 1.82) is 0 Å². The summed E-state index contributed by atoms with van der Waals surface area (Å²) in [5.74, 6) is 0.251. The van der Waals surface area contributed by atoms with Crippen molar-refractivity contribution in [1.82, 2.24) is 4.57 Å². The zero-order chi connectivity index (χ0) is 20.7. The summed E-state index contributed by atoms with van der Waals surface area (Å²) in [6.07, 6.45) is 0.860. The van der Waals surface area contributed by atoms with Crippen molar-refractivity contribution in [3.05, 3.63) is 72.0 Å².